The van der Waals surface area contributed by atoms with Gasteiger partial charge in [0.2, 0.25) is 0 Å². The van der Waals surface area contributed by atoms with Gasteiger partial charge in [0.15, 0.2) is 11.5 Å². The van der Waals surface area contributed by atoms with E-state index in [0.717, 1.165) is 0 Å². The van der Waals surface area contributed by atoms with E-state index in [-0.39, 0.29) is 5.91 Å². The molecule has 0 spiro atoms. The second kappa shape index (κ2) is 5.91. The Balaban J connectivity index is 1.84. The van der Waals surface area contributed by atoms with Crippen molar-refractivity contribution in [2.75, 3.05) is 18.5 Å². The van der Waals surface area contributed by atoms with E-state index in [1.165, 1.54) is 6.20 Å². The predicted molar refractivity (Wildman–Crippen MR) is 82.3 cm³/mol. The molecule has 1 aliphatic rings. The molecule has 0 aliphatic carbocycles. The van der Waals surface area contributed by atoms with Crippen LogP contribution >= 0.6 is 27.5 Å². The fourth-order valence-electron chi connectivity index (χ4n) is 1.86. The molecule has 1 aromatic carbocycles. The van der Waals surface area contributed by atoms with Crippen LogP contribution in [0, 0.1) is 0 Å². The van der Waals surface area contributed by atoms with Gasteiger partial charge in [-0.15, -0.1) is 0 Å². The molecular weight excluding hydrogens is 360 g/mol. The molecule has 3 rings (SSSR count). The zero-order valence-electron chi connectivity index (χ0n) is 10.7. The van der Waals surface area contributed by atoms with Crippen molar-refractivity contribution in [3.05, 3.63) is 45.7 Å². The minimum atomic E-state index is -0.281. The summed E-state index contributed by atoms with van der Waals surface area (Å²) in [6.45, 7) is 1.00. The van der Waals surface area contributed by atoms with Gasteiger partial charge in [-0.2, -0.15) is 0 Å². The molecule has 5 nitrogen and oxygen atoms in total. The Labute approximate surface area is 134 Å². The first-order valence-electron chi connectivity index (χ1n) is 6.15. The highest BCUT2D eigenvalue weighted by atomic mass is 79.9. The number of aromatic nitrogens is 1. The summed E-state index contributed by atoms with van der Waals surface area (Å²) < 4.78 is 11.7. The maximum absolute atomic E-state index is 12.2. The lowest BCUT2D eigenvalue weighted by atomic mass is 10.2. The number of fused-ring (bicyclic) bond motifs is 1. The van der Waals surface area contributed by atoms with E-state index in [2.05, 4.69) is 26.2 Å². The van der Waals surface area contributed by atoms with Gasteiger partial charge < -0.3 is 14.8 Å². The third-order valence-electron chi connectivity index (χ3n) is 2.87. The number of pyridine rings is 1. The summed E-state index contributed by atoms with van der Waals surface area (Å²) in [7, 11) is 0. The molecule has 1 N–H and O–H groups in total. The summed E-state index contributed by atoms with van der Waals surface area (Å²) in [6, 6.07) is 6.66. The Bertz CT molecular complexity index is 691. The van der Waals surface area contributed by atoms with Crippen LogP contribution in [0.1, 0.15) is 10.4 Å². The molecule has 0 saturated heterocycles. The van der Waals surface area contributed by atoms with E-state index >= 15 is 0 Å². The number of rotatable bonds is 2. The van der Waals surface area contributed by atoms with Crippen molar-refractivity contribution in [3.8, 4) is 11.5 Å². The summed E-state index contributed by atoms with van der Waals surface area (Å²) in [5.41, 5.74) is 1.01. The third kappa shape index (κ3) is 3.11. The van der Waals surface area contributed by atoms with Gasteiger partial charge in [-0.25, -0.2) is 4.98 Å². The third-order valence-corrected chi connectivity index (χ3v) is 3.75. The maximum Gasteiger partial charge on any atom is 0.257 e. The largest absolute Gasteiger partial charge is 0.486 e. The summed E-state index contributed by atoms with van der Waals surface area (Å²) in [6.07, 6.45) is 1.42. The smallest absolute Gasteiger partial charge is 0.257 e. The van der Waals surface area contributed by atoms with Gasteiger partial charge in [-0.1, -0.05) is 11.6 Å². The summed E-state index contributed by atoms with van der Waals surface area (Å²) in [5.74, 6) is 0.977. The fourth-order valence-corrected chi connectivity index (χ4v) is 2.40. The normalized spacial score (nSPS) is 12.9. The van der Waals surface area contributed by atoms with Crippen LogP contribution in [0.2, 0.25) is 5.15 Å². The first-order chi connectivity index (χ1) is 10.1. The number of anilines is 1. The average Bonchev–Trinajstić information content (AvgIpc) is 2.48. The second-order valence-electron chi connectivity index (χ2n) is 4.30. The Kier molecular flexibility index (Phi) is 3.98. The Morgan fingerprint density at radius 3 is 2.62 bits per heavy atom. The van der Waals surface area contributed by atoms with Crippen molar-refractivity contribution in [2.45, 2.75) is 0 Å². The molecule has 0 unspecified atom stereocenters. The molecule has 0 saturated carbocycles. The van der Waals surface area contributed by atoms with Crippen LogP contribution in [0.3, 0.4) is 0 Å². The van der Waals surface area contributed by atoms with Crippen LogP contribution in [0.5, 0.6) is 11.5 Å². The molecule has 0 radical (unpaired) electrons. The van der Waals surface area contributed by atoms with Crippen molar-refractivity contribution in [1.82, 2.24) is 4.98 Å². The molecule has 108 valence electrons. The highest BCUT2D eigenvalue weighted by Gasteiger charge is 2.16. The van der Waals surface area contributed by atoms with Gasteiger partial charge in [0.25, 0.3) is 5.91 Å². The van der Waals surface area contributed by atoms with E-state index in [9.17, 15) is 4.79 Å². The monoisotopic (exact) mass is 368 g/mol. The molecule has 0 atom stereocenters. The highest BCUT2D eigenvalue weighted by Crippen LogP contribution is 2.38. The first kappa shape index (κ1) is 14.2. The standard InChI is InChI=1S/C14H10BrClN2O3/c15-9-5-11-12(21-4-3-20-11)6-10(9)18-14(19)8-1-2-13(16)17-7-8/h1-2,5-7H,3-4H2,(H,18,19). The van der Waals surface area contributed by atoms with E-state index in [1.807, 2.05) is 0 Å². The first-order valence-corrected chi connectivity index (χ1v) is 7.32. The van der Waals surface area contributed by atoms with Crippen LogP contribution in [-0.4, -0.2) is 24.1 Å². The molecule has 1 amide bonds. The fraction of sp³-hybridized carbons (Fsp3) is 0.143. The molecule has 21 heavy (non-hydrogen) atoms. The van der Waals surface area contributed by atoms with E-state index in [0.29, 0.717) is 45.6 Å². The van der Waals surface area contributed by atoms with Crippen LogP contribution in [0.4, 0.5) is 5.69 Å². The zero-order chi connectivity index (χ0) is 14.8. The summed E-state index contributed by atoms with van der Waals surface area (Å²) in [5, 5.41) is 3.13. The number of nitrogens with zero attached hydrogens (tertiary/aromatic N) is 1. The molecule has 0 bridgehead atoms. The molecule has 1 aromatic heterocycles. The molecule has 2 aromatic rings. The average molecular weight is 370 g/mol. The van der Waals surface area contributed by atoms with Gasteiger partial charge >= 0.3 is 0 Å². The van der Waals surface area contributed by atoms with E-state index in [1.54, 1.807) is 24.3 Å². The number of benzene rings is 1. The van der Waals surface area contributed by atoms with Gasteiger partial charge in [-0.05, 0) is 28.1 Å². The van der Waals surface area contributed by atoms with Crippen molar-refractivity contribution in [2.24, 2.45) is 0 Å². The number of nitrogens with one attached hydrogen (secondary N) is 1. The van der Waals surface area contributed by atoms with Crippen LogP contribution in [0.15, 0.2) is 34.9 Å². The number of hydrogen-bond acceptors (Lipinski definition) is 4. The van der Waals surface area contributed by atoms with Crippen molar-refractivity contribution in [3.63, 3.8) is 0 Å². The Hall–Kier alpha value is -1.79. The molecule has 1 aliphatic heterocycles. The topological polar surface area (TPSA) is 60.5 Å². The van der Waals surface area contributed by atoms with Gasteiger partial charge in [-0.3, -0.25) is 4.79 Å². The zero-order valence-corrected chi connectivity index (χ0v) is 13.1. The summed E-state index contributed by atoms with van der Waals surface area (Å²) >= 11 is 9.10. The lowest BCUT2D eigenvalue weighted by molar-refractivity contribution is 0.102. The predicted octanol–water partition coefficient (Wildman–Crippen LogP) is 3.52. The minimum Gasteiger partial charge on any atom is -0.486 e. The number of amides is 1. The minimum absolute atomic E-state index is 0.281. The van der Waals surface area contributed by atoms with Crippen molar-refractivity contribution >= 4 is 39.1 Å². The molecule has 0 fully saturated rings. The Morgan fingerprint density at radius 2 is 1.95 bits per heavy atom. The van der Waals surface area contributed by atoms with E-state index in [4.69, 9.17) is 21.1 Å². The van der Waals surface area contributed by atoms with Gasteiger partial charge in [0.1, 0.15) is 18.4 Å². The number of carbonyl (C=O) groups is 1. The van der Waals surface area contributed by atoms with Crippen LogP contribution in [-0.2, 0) is 0 Å². The number of hydrogen-bond donors (Lipinski definition) is 1. The van der Waals surface area contributed by atoms with Crippen LogP contribution < -0.4 is 14.8 Å². The number of ether oxygens (including phenoxy) is 2. The number of carbonyl (C=O) groups excluding carboxylic acids is 1. The highest BCUT2D eigenvalue weighted by molar-refractivity contribution is 9.10. The molecule has 2 heterocycles. The quantitative estimate of drug-likeness (QED) is 0.823. The SMILES string of the molecule is O=C(Nc1cc2c(cc1Br)OCCO2)c1ccc(Cl)nc1. The lowest BCUT2D eigenvalue weighted by Gasteiger charge is -2.20. The van der Waals surface area contributed by atoms with Gasteiger partial charge in [0.05, 0.1) is 11.3 Å². The molecular formula is C14H10BrClN2O3. The Morgan fingerprint density at radius 1 is 1.24 bits per heavy atom. The second-order valence-corrected chi connectivity index (χ2v) is 5.54. The van der Waals surface area contributed by atoms with E-state index < -0.39 is 0 Å². The lowest BCUT2D eigenvalue weighted by Crippen LogP contribution is -2.17. The number of halogens is 2. The maximum atomic E-state index is 12.2. The summed E-state index contributed by atoms with van der Waals surface area (Å²) in [4.78, 5) is 16.0. The van der Waals surface area contributed by atoms with Crippen molar-refractivity contribution < 1.29 is 14.3 Å². The van der Waals surface area contributed by atoms with Crippen molar-refractivity contribution in [1.29, 1.82) is 0 Å². The van der Waals surface area contributed by atoms with Gasteiger partial charge in [0, 0.05) is 22.8 Å². The van der Waals surface area contributed by atoms with Crippen LogP contribution in [0.25, 0.3) is 0 Å². The molecule has 7 heteroatoms.